The number of carbonyl (C=O) groups is 2. The topological polar surface area (TPSA) is 112 Å². The molecule has 1 atom stereocenters. The summed E-state index contributed by atoms with van der Waals surface area (Å²) >= 11 is 0. The molecule has 1 amide bonds. The van der Waals surface area contributed by atoms with Gasteiger partial charge in [-0.2, -0.15) is 5.10 Å². The van der Waals surface area contributed by atoms with Crippen LogP contribution in [0.2, 0.25) is 0 Å². The molecule has 3 heterocycles. The molecule has 0 aliphatic carbocycles. The van der Waals surface area contributed by atoms with Gasteiger partial charge >= 0.3 is 5.97 Å². The molecule has 30 heavy (non-hydrogen) atoms. The normalized spacial score (nSPS) is 12.5. The number of aryl methyl sites for hydroxylation is 1. The molecule has 160 valence electrons. The fourth-order valence-corrected chi connectivity index (χ4v) is 3.03. The third kappa shape index (κ3) is 4.34. The molecular weight excluding hydrogens is 386 g/mol. The lowest BCUT2D eigenvalue weighted by molar-refractivity contribution is -0.124. The molecule has 0 aromatic carbocycles. The number of aromatic nitrogens is 4. The van der Waals surface area contributed by atoms with E-state index in [1.165, 1.54) is 0 Å². The molecule has 9 nitrogen and oxygen atoms in total. The molecule has 0 radical (unpaired) electrons. The lowest BCUT2D eigenvalue weighted by Gasteiger charge is -2.16. The summed E-state index contributed by atoms with van der Waals surface area (Å²) in [6.45, 7) is 11.5. The Balaban J connectivity index is 1.90. The predicted octanol–water partition coefficient (Wildman–Crippen LogP) is 4.01. The van der Waals surface area contributed by atoms with Gasteiger partial charge in [-0.15, -0.1) is 0 Å². The summed E-state index contributed by atoms with van der Waals surface area (Å²) in [4.78, 5) is 30.3. The monoisotopic (exact) mass is 413 g/mol. The smallest absolute Gasteiger partial charge is 0.339 e. The molecule has 0 saturated carbocycles. The Kier molecular flexibility index (Phi) is 6.19. The van der Waals surface area contributed by atoms with Crippen LogP contribution in [0.15, 0.2) is 22.9 Å². The van der Waals surface area contributed by atoms with Crippen LogP contribution in [0.5, 0.6) is 0 Å². The molecule has 0 bridgehead atoms. The molecule has 0 aliphatic heterocycles. The Morgan fingerprint density at radius 3 is 2.53 bits per heavy atom. The van der Waals surface area contributed by atoms with Gasteiger partial charge in [0.2, 0.25) is 0 Å². The van der Waals surface area contributed by atoms with Crippen LogP contribution in [0.1, 0.15) is 74.8 Å². The summed E-state index contributed by atoms with van der Waals surface area (Å²) in [5.41, 5.74) is 1.73. The molecule has 0 fully saturated rings. The van der Waals surface area contributed by atoms with Crippen molar-refractivity contribution in [2.45, 2.75) is 66.0 Å². The first kappa shape index (κ1) is 21.5. The van der Waals surface area contributed by atoms with Crippen LogP contribution in [0.3, 0.4) is 0 Å². The standard InChI is InChI=1S/C21H27N5O4/c1-7-17(20(27)24-18-8-13(6)30-25-18)29-21(28)14-9-16(11(2)3)23-19-15(14)10-22-26(19)12(4)5/h8-12,17H,7H2,1-6H3,(H,24,25,27)/t17-/m1/s1. The zero-order valence-electron chi connectivity index (χ0n) is 18.1. The summed E-state index contributed by atoms with van der Waals surface area (Å²) in [5.74, 6) is -0.106. The largest absolute Gasteiger partial charge is 0.449 e. The van der Waals surface area contributed by atoms with E-state index in [2.05, 4.69) is 20.6 Å². The Morgan fingerprint density at radius 2 is 1.97 bits per heavy atom. The van der Waals surface area contributed by atoms with Crippen molar-refractivity contribution in [1.29, 1.82) is 0 Å². The van der Waals surface area contributed by atoms with E-state index in [0.29, 0.717) is 28.8 Å². The SMILES string of the molecule is CC[C@@H](OC(=O)c1cc(C(C)C)nc2c1cnn2C(C)C)C(=O)Nc1cc(C)on1. The minimum absolute atomic E-state index is 0.0846. The Hall–Kier alpha value is -3.23. The maximum absolute atomic E-state index is 13.0. The van der Waals surface area contributed by atoms with E-state index in [9.17, 15) is 9.59 Å². The molecular formula is C21H27N5O4. The van der Waals surface area contributed by atoms with E-state index in [1.807, 2.05) is 27.7 Å². The molecule has 3 aromatic heterocycles. The average Bonchev–Trinajstić information content (AvgIpc) is 3.30. The van der Waals surface area contributed by atoms with Crippen LogP contribution >= 0.6 is 0 Å². The van der Waals surface area contributed by atoms with Gasteiger partial charge in [-0.1, -0.05) is 25.9 Å². The maximum atomic E-state index is 13.0. The number of amides is 1. The fraction of sp³-hybridized carbons (Fsp3) is 0.476. The van der Waals surface area contributed by atoms with Gasteiger partial charge in [-0.3, -0.25) is 4.79 Å². The van der Waals surface area contributed by atoms with Gasteiger partial charge in [0, 0.05) is 17.8 Å². The Morgan fingerprint density at radius 1 is 1.23 bits per heavy atom. The molecule has 1 N–H and O–H groups in total. The molecule has 9 heteroatoms. The number of ether oxygens (including phenoxy) is 1. The number of fused-ring (bicyclic) bond motifs is 1. The first-order valence-corrected chi connectivity index (χ1v) is 10.0. The lowest BCUT2D eigenvalue weighted by Crippen LogP contribution is -2.32. The van der Waals surface area contributed by atoms with Crippen molar-refractivity contribution >= 4 is 28.7 Å². The van der Waals surface area contributed by atoms with Crippen LogP contribution in [0.25, 0.3) is 11.0 Å². The van der Waals surface area contributed by atoms with Gasteiger partial charge in [-0.05, 0) is 39.2 Å². The van der Waals surface area contributed by atoms with Crippen LogP contribution in [-0.2, 0) is 9.53 Å². The highest BCUT2D eigenvalue weighted by Gasteiger charge is 2.26. The van der Waals surface area contributed by atoms with Gasteiger partial charge in [0.05, 0.1) is 17.1 Å². The van der Waals surface area contributed by atoms with E-state index in [-0.39, 0.29) is 17.8 Å². The number of pyridine rings is 1. The summed E-state index contributed by atoms with van der Waals surface area (Å²) in [6, 6.07) is 3.39. The second-order valence-corrected chi connectivity index (χ2v) is 7.78. The fourth-order valence-electron chi connectivity index (χ4n) is 3.03. The highest BCUT2D eigenvalue weighted by Crippen LogP contribution is 2.25. The van der Waals surface area contributed by atoms with E-state index in [1.54, 1.807) is 36.9 Å². The summed E-state index contributed by atoms with van der Waals surface area (Å²) in [6.07, 6.45) is 0.952. The summed E-state index contributed by atoms with van der Waals surface area (Å²) < 4.78 is 12.3. The molecule has 0 unspecified atom stereocenters. The van der Waals surface area contributed by atoms with Gasteiger partial charge < -0.3 is 14.6 Å². The minimum Gasteiger partial charge on any atom is -0.449 e. The first-order valence-electron chi connectivity index (χ1n) is 10.0. The highest BCUT2D eigenvalue weighted by molar-refractivity contribution is 6.04. The van der Waals surface area contributed by atoms with Crippen molar-refractivity contribution in [2.24, 2.45) is 0 Å². The van der Waals surface area contributed by atoms with E-state index in [0.717, 1.165) is 5.69 Å². The Labute approximate surface area is 174 Å². The molecule has 0 aliphatic rings. The van der Waals surface area contributed by atoms with Crippen LogP contribution in [0, 0.1) is 6.92 Å². The van der Waals surface area contributed by atoms with Gasteiger partial charge in [0.15, 0.2) is 17.6 Å². The van der Waals surface area contributed by atoms with E-state index < -0.39 is 18.0 Å². The number of carbonyl (C=O) groups excluding carboxylic acids is 2. The number of nitrogens with one attached hydrogen (secondary N) is 1. The number of esters is 1. The van der Waals surface area contributed by atoms with Gasteiger partial charge in [0.25, 0.3) is 5.91 Å². The number of rotatable bonds is 7. The van der Waals surface area contributed by atoms with Gasteiger partial charge in [0.1, 0.15) is 5.76 Å². The zero-order chi connectivity index (χ0) is 22.0. The van der Waals surface area contributed by atoms with Crippen molar-refractivity contribution in [3.8, 4) is 0 Å². The highest BCUT2D eigenvalue weighted by atomic mass is 16.5. The number of anilines is 1. The van der Waals surface area contributed by atoms with Crippen molar-refractivity contribution in [1.82, 2.24) is 19.9 Å². The number of hydrogen-bond acceptors (Lipinski definition) is 7. The number of nitrogens with zero attached hydrogens (tertiary/aromatic N) is 4. The summed E-state index contributed by atoms with van der Waals surface area (Å²) in [5, 5.41) is 11.3. The predicted molar refractivity (Wildman–Crippen MR) is 111 cm³/mol. The average molecular weight is 413 g/mol. The second-order valence-electron chi connectivity index (χ2n) is 7.78. The van der Waals surface area contributed by atoms with Crippen LogP contribution < -0.4 is 5.32 Å². The minimum atomic E-state index is -0.972. The molecule has 0 spiro atoms. The zero-order valence-corrected chi connectivity index (χ0v) is 18.1. The first-order chi connectivity index (χ1) is 14.2. The quantitative estimate of drug-likeness (QED) is 0.582. The van der Waals surface area contributed by atoms with Crippen LogP contribution in [-0.4, -0.2) is 37.9 Å². The number of hydrogen-bond donors (Lipinski definition) is 1. The van der Waals surface area contributed by atoms with Crippen LogP contribution in [0.4, 0.5) is 5.82 Å². The molecule has 3 aromatic rings. The third-order valence-corrected chi connectivity index (χ3v) is 4.68. The Bertz CT molecular complexity index is 1070. The second kappa shape index (κ2) is 8.64. The summed E-state index contributed by atoms with van der Waals surface area (Å²) in [7, 11) is 0. The maximum Gasteiger partial charge on any atom is 0.339 e. The lowest BCUT2D eigenvalue weighted by atomic mass is 10.1. The van der Waals surface area contributed by atoms with E-state index in [4.69, 9.17) is 9.26 Å². The molecule has 0 saturated heterocycles. The van der Waals surface area contributed by atoms with Crippen molar-refractivity contribution < 1.29 is 18.8 Å². The van der Waals surface area contributed by atoms with Gasteiger partial charge in [-0.25, -0.2) is 14.5 Å². The van der Waals surface area contributed by atoms with E-state index >= 15 is 0 Å². The van der Waals surface area contributed by atoms with Crippen molar-refractivity contribution in [3.05, 3.63) is 35.3 Å². The third-order valence-electron chi connectivity index (χ3n) is 4.68. The van der Waals surface area contributed by atoms with Crippen molar-refractivity contribution in [3.63, 3.8) is 0 Å². The van der Waals surface area contributed by atoms with Crippen molar-refractivity contribution in [2.75, 3.05) is 5.32 Å². The molecule has 3 rings (SSSR count).